The van der Waals surface area contributed by atoms with Gasteiger partial charge in [-0.15, -0.1) is 0 Å². The molecule has 1 fully saturated rings. The fourth-order valence-corrected chi connectivity index (χ4v) is 3.48. The largest absolute Gasteiger partial charge is 0.379 e. The van der Waals surface area contributed by atoms with Crippen LogP contribution in [0, 0.1) is 0 Å². The number of sulfonamides is 1. The van der Waals surface area contributed by atoms with Crippen molar-refractivity contribution < 1.29 is 13.2 Å². The maximum absolute atomic E-state index is 12.4. The first-order valence-corrected chi connectivity index (χ1v) is 7.07. The maximum Gasteiger partial charge on any atom is 0.246 e. The molecule has 0 unspecified atom stereocenters. The molecule has 1 aliphatic rings. The Labute approximate surface area is 110 Å². The highest BCUT2D eigenvalue weighted by Crippen LogP contribution is 2.29. The Hall–Kier alpha value is -0.930. The van der Waals surface area contributed by atoms with Crippen molar-refractivity contribution in [3.8, 4) is 0 Å². The van der Waals surface area contributed by atoms with E-state index in [0.29, 0.717) is 26.3 Å². The highest BCUT2D eigenvalue weighted by atomic mass is 35.5. The molecule has 3 N–H and O–H groups in total. The number of hydrogen-bond donors (Lipinski definition) is 2. The van der Waals surface area contributed by atoms with E-state index in [-0.39, 0.29) is 15.6 Å². The summed E-state index contributed by atoms with van der Waals surface area (Å²) in [6.07, 6.45) is 2.56. The molecule has 0 spiro atoms. The number of pyridine rings is 1. The topological polar surface area (TPSA) is 97.5 Å². The van der Waals surface area contributed by atoms with Crippen LogP contribution in [0.5, 0.6) is 0 Å². The summed E-state index contributed by atoms with van der Waals surface area (Å²) in [6, 6.07) is 0. The second kappa shape index (κ2) is 5.37. The van der Waals surface area contributed by atoms with Crippen LogP contribution in [0.2, 0.25) is 5.02 Å². The smallest absolute Gasteiger partial charge is 0.246 e. The van der Waals surface area contributed by atoms with Gasteiger partial charge < -0.3 is 10.2 Å². The van der Waals surface area contributed by atoms with Crippen LogP contribution in [0.3, 0.4) is 0 Å². The summed E-state index contributed by atoms with van der Waals surface area (Å²) >= 11 is 5.86. The molecule has 18 heavy (non-hydrogen) atoms. The van der Waals surface area contributed by atoms with Crippen molar-refractivity contribution in [3.05, 3.63) is 17.4 Å². The van der Waals surface area contributed by atoms with Gasteiger partial charge in [0.25, 0.3) is 0 Å². The van der Waals surface area contributed by atoms with Gasteiger partial charge in [-0.2, -0.15) is 4.31 Å². The number of nitrogens with one attached hydrogen (secondary N) is 1. The molecule has 0 saturated carbocycles. The fraction of sp³-hybridized carbons (Fsp3) is 0.444. The Kier molecular flexibility index (Phi) is 4.03. The summed E-state index contributed by atoms with van der Waals surface area (Å²) in [5.41, 5.74) is 2.45. The van der Waals surface area contributed by atoms with Crippen molar-refractivity contribution in [2.45, 2.75) is 4.90 Å². The van der Waals surface area contributed by atoms with Crippen LogP contribution < -0.4 is 11.3 Å². The van der Waals surface area contributed by atoms with Gasteiger partial charge in [0.05, 0.1) is 23.9 Å². The Morgan fingerprint density at radius 3 is 2.67 bits per heavy atom. The molecule has 0 atom stereocenters. The summed E-state index contributed by atoms with van der Waals surface area (Å²) in [7, 11) is -3.66. The minimum atomic E-state index is -3.66. The number of anilines is 1. The van der Waals surface area contributed by atoms with E-state index < -0.39 is 10.0 Å². The van der Waals surface area contributed by atoms with Crippen LogP contribution >= 0.6 is 11.6 Å². The van der Waals surface area contributed by atoms with Crippen molar-refractivity contribution in [1.82, 2.24) is 9.29 Å². The molecule has 2 heterocycles. The lowest BCUT2D eigenvalue weighted by Gasteiger charge is -2.26. The second-order valence-corrected chi connectivity index (χ2v) is 5.97. The molecule has 1 aliphatic heterocycles. The van der Waals surface area contributed by atoms with Crippen molar-refractivity contribution in [1.29, 1.82) is 0 Å². The van der Waals surface area contributed by atoms with E-state index in [2.05, 4.69) is 10.4 Å². The lowest BCUT2D eigenvalue weighted by molar-refractivity contribution is 0.0730. The van der Waals surface area contributed by atoms with Crippen LogP contribution in [-0.4, -0.2) is 44.0 Å². The number of hydrazine groups is 1. The van der Waals surface area contributed by atoms with Gasteiger partial charge in [-0.25, -0.2) is 8.42 Å². The highest BCUT2D eigenvalue weighted by Gasteiger charge is 2.29. The first-order valence-electron chi connectivity index (χ1n) is 5.25. The summed E-state index contributed by atoms with van der Waals surface area (Å²) in [4.78, 5) is 3.76. The predicted octanol–water partition coefficient (Wildman–Crippen LogP) is 0.0415. The van der Waals surface area contributed by atoms with Crippen LogP contribution in [-0.2, 0) is 14.8 Å². The minimum absolute atomic E-state index is 0.0283. The number of halogens is 1. The van der Waals surface area contributed by atoms with E-state index in [4.69, 9.17) is 22.2 Å². The quantitative estimate of drug-likeness (QED) is 0.603. The third-order valence-electron chi connectivity index (χ3n) is 2.60. The molecule has 2 rings (SSSR count). The van der Waals surface area contributed by atoms with Crippen molar-refractivity contribution in [2.75, 3.05) is 31.7 Å². The van der Waals surface area contributed by atoms with E-state index in [9.17, 15) is 8.42 Å². The van der Waals surface area contributed by atoms with Crippen LogP contribution in [0.4, 0.5) is 5.69 Å². The lowest BCUT2D eigenvalue weighted by atomic mass is 10.4. The van der Waals surface area contributed by atoms with Gasteiger partial charge in [-0.05, 0) is 0 Å². The van der Waals surface area contributed by atoms with E-state index in [1.54, 1.807) is 0 Å². The molecule has 0 aliphatic carbocycles. The standard InChI is InChI=1S/C9H13ClN4O3S/c10-7-5-12-6-8(9(7)13-11)18(15,16)14-1-3-17-4-2-14/h5-6H,1-4,11H2,(H,12,13). The molecule has 1 aromatic rings. The fourth-order valence-electron chi connectivity index (χ4n) is 1.68. The Morgan fingerprint density at radius 2 is 2.06 bits per heavy atom. The van der Waals surface area contributed by atoms with Crippen LogP contribution in [0.1, 0.15) is 0 Å². The van der Waals surface area contributed by atoms with Crippen LogP contribution in [0.15, 0.2) is 17.3 Å². The molecular weight excluding hydrogens is 280 g/mol. The van der Waals surface area contributed by atoms with Crippen molar-refractivity contribution in [2.24, 2.45) is 5.84 Å². The zero-order chi connectivity index (χ0) is 13.2. The van der Waals surface area contributed by atoms with Gasteiger partial charge in [0.15, 0.2) is 0 Å². The number of nitrogens with zero attached hydrogens (tertiary/aromatic N) is 2. The number of nitrogen functional groups attached to an aromatic ring is 1. The number of aromatic nitrogens is 1. The van der Waals surface area contributed by atoms with Gasteiger partial charge in [-0.1, -0.05) is 11.6 Å². The first kappa shape index (κ1) is 13.5. The molecule has 0 amide bonds. The molecule has 0 bridgehead atoms. The summed E-state index contributed by atoms with van der Waals surface area (Å²) in [5.74, 6) is 5.31. The molecule has 9 heteroatoms. The van der Waals surface area contributed by atoms with Crippen LogP contribution in [0.25, 0.3) is 0 Å². The third-order valence-corrected chi connectivity index (χ3v) is 4.79. The van der Waals surface area contributed by atoms with E-state index in [1.165, 1.54) is 16.7 Å². The number of ether oxygens (including phenoxy) is 1. The van der Waals surface area contributed by atoms with E-state index in [1.807, 2.05) is 0 Å². The Balaban J connectivity index is 2.43. The molecule has 1 aromatic heterocycles. The predicted molar refractivity (Wildman–Crippen MR) is 66.6 cm³/mol. The average molecular weight is 293 g/mol. The summed E-state index contributed by atoms with van der Waals surface area (Å²) < 4.78 is 31.2. The average Bonchev–Trinajstić information content (AvgIpc) is 2.39. The van der Waals surface area contributed by atoms with Gasteiger partial charge in [0, 0.05) is 25.5 Å². The monoisotopic (exact) mass is 292 g/mol. The lowest BCUT2D eigenvalue weighted by Crippen LogP contribution is -2.41. The van der Waals surface area contributed by atoms with Gasteiger partial charge in [0.1, 0.15) is 4.90 Å². The molecule has 0 aromatic carbocycles. The SMILES string of the molecule is NNc1c(Cl)cncc1S(=O)(=O)N1CCOCC1. The molecular formula is C9H13ClN4O3S. The highest BCUT2D eigenvalue weighted by molar-refractivity contribution is 7.89. The zero-order valence-electron chi connectivity index (χ0n) is 9.47. The van der Waals surface area contributed by atoms with E-state index >= 15 is 0 Å². The second-order valence-electron chi connectivity index (χ2n) is 3.66. The summed E-state index contributed by atoms with van der Waals surface area (Å²) in [5, 5.41) is 0.159. The van der Waals surface area contributed by atoms with Crippen molar-refractivity contribution in [3.63, 3.8) is 0 Å². The first-order chi connectivity index (χ1) is 8.57. The van der Waals surface area contributed by atoms with Gasteiger partial charge >= 0.3 is 0 Å². The molecule has 1 saturated heterocycles. The number of nitrogens with two attached hydrogens (primary N) is 1. The molecule has 100 valence electrons. The zero-order valence-corrected chi connectivity index (χ0v) is 11.0. The van der Waals surface area contributed by atoms with E-state index in [0.717, 1.165) is 0 Å². The van der Waals surface area contributed by atoms with Gasteiger partial charge in [-0.3, -0.25) is 10.8 Å². The molecule has 0 radical (unpaired) electrons. The summed E-state index contributed by atoms with van der Waals surface area (Å²) in [6.45, 7) is 1.36. The third kappa shape index (κ3) is 2.43. The van der Waals surface area contributed by atoms with Gasteiger partial charge in [0.2, 0.25) is 10.0 Å². The Bertz CT molecular complexity index is 531. The number of rotatable bonds is 3. The van der Waals surface area contributed by atoms with Crippen molar-refractivity contribution >= 4 is 27.3 Å². The maximum atomic E-state index is 12.4. The normalized spacial score (nSPS) is 17.7. The Morgan fingerprint density at radius 1 is 1.39 bits per heavy atom. The molecule has 7 nitrogen and oxygen atoms in total. The number of hydrogen-bond acceptors (Lipinski definition) is 6. The minimum Gasteiger partial charge on any atom is -0.379 e. The number of morpholine rings is 1.